The standard InChI is InChI=1S/C17H16ClN3O/c1-17(2)7-12-14(8-17)19-9-13-15(12)20-21(16(13)22)11-5-3-10(18)4-6-11/h3-6,9,20H,7-8H2,1-2H3. The van der Waals surface area contributed by atoms with Crippen LogP contribution >= 0.6 is 11.6 Å². The third-order valence-electron chi connectivity index (χ3n) is 4.31. The number of aromatic amines is 1. The highest BCUT2D eigenvalue weighted by atomic mass is 35.5. The number of rotatable bonds is 1. The van der Waals surface area contributed by atoms with Crippen LogP contribution in [-0.4, -0.2) is 14.8 Å². The van der Waals surface area contributed by atoms with Gasteiger partial charge >= 0.3 is 0 Å². The zero-order valence-electron chi connectivity index (χ0n) is 12.5. The molecule has 4 nitrogen and oxygen atoms in total. The number of hydrogen-bond donors (Lipinski definition) is 1. The van der Waals surface area contributed by atoms with Crippen LogP contribution in [-0.2, 0) is 12.8 Å². The number of aromatic nitrogens is 3. The molecule has 0 amide bonds. The van der Waals surface area contributed by atoms with Crippen molar-refractivity contribution < 1.29 is 0 Å². The second-order valence-electron chi connectivity index (χ2n) is 6.72. The highest BCUT2D eigenvalue weighted by Crippen LogP contribution is 2.37. The van der Waals surface area contributed by atoms with Gasteiger partial charge in [-0.05, 0) is 48.1 Å². The number of halogens is 1. The fraction of sp³-hybridized carbons (Fsp3) is 0.294. The molecule has 0 saturated heterocycles. The molecule has 1 N–H and O–H groups in total. The summed E-state index contributed by atoms with van der Waals surface area (Å²) in [4.78, 5) is 17.1. The smallest absolute Gasteiger partial charge is 0.280 e. The normalized spacial score (nSPS) is 16.1. The lowest BCUT2D eigenvalue weighted by Gasteiger charge is -2.14. The lowest BCUT2D eigenvalue weighted by Crippen LogP contribution is -2.14. The van der Waals surface area contributed by atoms with Gasteiger partial charge in [-0.15, -0.1) is 0 Å². The molecule has 0 spiro atoms. The first kappa shape index (κ1) is 13.6. The number of benzene rings is 1. The van der Waals surface area contributed by atoms with Crippen molar-refractivity contribution in [3.05, 3.63) is 57.1 Å². The summed E-state index contributed by atoms with van der Waals surface area (Å²) in [7, 11) is 0. The minimum absolute atomic E-state index is 0.0719. The van der Waals surface area contributed by atoms with Crippen molar-refractivity contribution in [2.45, 2.75) is 26.7 Å². The van der Waals surface area contributed by atoms with Crippen molar-refractivity contribution >= 4 is 22.5 Å². The number of pyridine rings is 1. The SMILES string of the molecule is CC1(C)Cc2ncc3c(=O)n(-c4ccc(Cl)cc4)[nH]c3c2C1. The minimum Gasteiger partial charge on any atom is -0.290 e. The van der Waals surface area contributed by atoms with E-state index in [0.29, 0.717) is 10.4 Å². The molecule has 0 aliphatic heterocycles. The molecule has 1 aromatic carbocycles. The summed E-state index contributed by atoms with van der Waals surface area (Å²) < 4.78 is 1.56. The summed E-state index contributed by atoms with van der Waals surface area (Å²) in [6.45, 7) is 4.46. The van der Waals surface area contributed by atoms with E-state index in [4.69, 9.17) is 11.6 Å². The lowest BCUT2D eigenvalue weighted by molar-refractivity contribution is 0.391. The molecule has 0 unspecified atom stereocenters. The molecule has 22 heavy (non-hydrogen) atoms. The van der Waals surface area contributed by atoms with E-state index in [1.807, 2.05) is 12.1 Å². The first-order chi connectivity index (χ1) is 10.4. The predicted octanol–water partition coefficient (Wildman–Crippen LogP) is 3.49. The number of H-pyrrole nitrogens is 1. The monoisotopic (exact) mass is 313 g/mol. The maximum absolute atomic E-state index is 12.6. The Morgan fingerprint density at radius 2 is 1.95 bits per heavy atom. The quantitative estimate of drug-likeness (QED) is 0.747. The van der Waals surface area contributed by atoms with Crippen molar-refractivity contribution in [3.8, 4) is 5.69 Å². The molecule has 3 aromatic rings. The number of nitrogens with one attached hydrogen (secondary N) is 1. The zero-order chi connectivity index (χ0) is 15.5. The van der Waals surface area contributed by atoms with Gasteiger partial charge in [0.2, 0.25) is 0 Å². The Bertz CT molecular complexity index is 935. The Hall–Kier alpha value is -2.07. The van der Waals surface area contributed by atoms with E-state index >= 15 is 0 Å². The lowest BCUT2D eigenvalue weighted by atomic mass is 9.90. The molecule has 5 heteroatoms. The summed E-state index contributed by atoms with van der Waals surface area (Å²) in [6, 6.07) is 7.22. The van der Waals surface area contributed by atoms with Crippen LogP contribution in [0.5, 0.6) is 0 Å². The number of hydrogen-bond acceptors (Lipinski definition) is 2. The van der Waals surface area contributed by atoms with E-state index in [-0.39, 0.29) is 11.0 Å². The average Bonchev–Trinajstić information content (AvgIpc) is 2.96. The van der Waals surface area contributed by atoms with Crippen LogP contribution < -0.4 is 5.56 Å². The van der Waals surface area contributed by atoms with E-state index in [1.54, 1.807) is 23.0 Å². The van der Waals surface area contributed by atoms with E-state index in [9.17, 15) is 4.79 Å². The van der Waals surface area contributed by atoms with Crippen molar-refractivity contribution in [2.75, 3.05) is 0 Å². The summed E-state index contributed by atoms with van der Waals surface area (Å²) >= 11 is 5.92. The van der Waals surface area contributed by atoms with E-state index in [1.165, 1.54) is 5.56 Å². The minimum atomic E-state index is -0.0719. The molecule has 0 saturated carbocycles. The molecular weight excluding hydrogens is 298 g/mol. The van der Waals surface area contributed by atoms with Gasteiger partial charge in [0.15, 0.2) is 0 Å². The summed E-state index contributed by atoms with van der Waals surface area (Å²) in [6.07, 6.45) is 3.58. The fourth-order valence-corrected chi connectivity index (χ4v) is 3.40. The van der Waals surface area contributed by atoms with Gasteiger partial charge in [-0.2, -0.15) is 0 Å². The van der Waals surface area contributed by atoms with Crippen molar-refractivity contribution in [2.24, 2.45) is 5.41 Å². The topological polar surface area (TPSA) is 50.7 Å². The third-order valence-corrected chi connectivity index (χ3v) is 4.56. The molecule has 0 bridgehead atoms. The van der Waals surface area contributed by atoms with E-state index in [2.05, 4.69) is 23.9 Å². The van der Waals surface area contributed by atoms with Crippen molar-refractivity contribution in [3.63, 3.8) is 0 Å². The van der Waals surface area contributed by atoms with Crippen LogP contribution in [0.4, 0.5) is 0 Å². The second-order valence-corrected chi connectivity index (χ2v) is 7.16. The largest absolute Gasteiger partial charge is 0.290 e. The first-order valence-electron chi connectivity index (χ1n) is 7.32. The van der Waals surface area contributed by atoms with E-state index in [0.717, 1.165) is 29.7 Å². The molecule has 0 radical (unpaired) electrons. The molecule has 1 aliphatic rings. The summed E-state index contributed by atoms with van der Waals surface area (Å²) in [5.41, 5.74) is 4.09. The van der Waals surface area contributed by atoms with Crippen LogP contribution in [0.2, 0.25) is 5.02 Å². The molecular formula is C17H16ClN3O. The molecule has 0 fully saturated rings. The van der Waals surface area contributed by atoms with Crippen LogP contribution in [0.1, 0.15) is 25.1 Å². The summed E-state index contributed by atoms with van der Waals surface area (Å²) in [5.74, 6) is 0. The van der Waals surface area contributed by atoms with Gasteiger partial charge in [0.25, 0.3) is 5.56 Å². The van der Waals surface area contributed by atoms with Gasteiger partial charge < -0.3 is 0 Å². The highest BCUT2D eigenvalue weighted by molar-refractivity contribution is 6.30. The van der Waals surface area contributed by atoms with Gasteiger partial charge in [0, 0.05) is 16.9 Å². The third kappa shape index (κ3) is 1.98. The van der Waals surface area contributed by atoms with Gasteiger partial charge in [0.1, 0.15) is 0 Å². The van der Waals surface area contributed by atoms with Crippen LogP contribution in [0.15, 0.2) is 35.3 Å². The Morgan fingerprint density at radius 3 is 2.68 bits per heavy atom. The number of fused-ring (bicyclic) bond motifs is 3. The van der Waals surface area contributed by atoms with Crippen molar-refractivity contribution in [1.29, 1.82) is 0 Å². The fourth-order valence-electron chi connectivity index (χ4n) is 3.27. The highest BCUT2D eigenvalue weighted by Gasteiger charge is 2.32. The Morgan fingerprint density at radius 1 is 1.23 bits per heavy atom. The first-order valence-corrected chi connectivity index (χ1v) is 7.70. The van der Waals surface area contributed by atoms with E-state index < -0.39 is 0 Å². The Balaban J connectivity index is 1.95. The second kappa shape index (κ2) is 4.46. The Kier molecular flexibility index (Phi) is 2.76. The molecule has 2 aromatic heterocycles. The van der Waals surface area contributed by atoms with Crippen LogP contribution in [0.3, 0.4) is 0 Å². The molecule has 2 heterocycles. The van der Waals surface area contributed by atoms with Gasteiger partial charge in [0.05, 0.1) is 16.6 Å². The van der Waals surface area contributed by atoms with Crippen LogP contribution in [0.25, 0.3) is 16.6 Å². The zero-order valence-corrected chi connectivity index (χ0v) is 13.2. The Labute approximate surface area is 132 Å². The maximum atomic E-state index is 12.6. The van der Waals surface area contributed by atoms with Crippen LogP contribution in [0, 0.1) is 5.41 Å². The molecule has 0 atom stereocenters. The van der Waals surface area contributed by atoms with Gasteiger partial charge in [-0.25, -0.2) is 4.68 Å². The van der Waals surface area contributed by atoms with Gasteiger partial charge in [-0.3, -0.25) is 14.9 Å². The molecule has 4 rings (SSSR count). The molecule has 112 valence electrons. The predicted molar refractivity (Wildman–Crippen MR) is 87.9 cm³/mol. The average molecular weight is 314 g/mol. The number of nitrogens with zero attached hydrogens (tertiary/aromatic N) is 2. The summed E-state index contributed by atoms with van der Waals surface area (Å²) in [5, 5.41) is 4.55. The van der Waals surface area contributed by atoms with Crippen molar-refractivity contribution in [1.82, 2.24) is 14.8 Å². The maximum Gasteiger partial charge on any atom is 0.280 e. The van der Waals surface area contributed by atoms with Gasteiger partial charge in [-0.1, -0.05) is 25.4 Å². The molecule has 1 aliphatic carbocycles.